The molecule has 2 aliphatic heterocycles. The summed E-state index contributed by atoms with van der Waals surface area (Å²) < 4.78 is 13.7. The summed E-state index contributed by atoms with van der Waals surface area (Å²) >= 11 is 0. The van der Waals surface area contributed by atoms with Crippen molar-refractivity contribution in [3.8, 4) is 0 Å². The molecule has 0 radical (unpaired) electrons. The van der Waals surface area contributed by atoms with E-state index in [2.05, 4.69) is 0 Å². The van der Waals surface area contributed by atoms with Gasteiger partial charge in [-0.2, -0.15) is 0 Å². The quantitative estimate of drug-likeness (QED) is 0.793. The van der Waals surface area contributed by atoms with E-state index in [1.165, 1.54) is 17.0 Å². The minimum Gasteiger partial charge on any atom is -0.465 e. The minimum absolute atomic E-state index is 0.00554. The predicted octanol–water partition coefficient (Wildman–Crippen LogP) is 3.02. The highest BCUT2D eigenvalue weighted by atomic mass is 19.1. The Morgan fingerprint density at radius 3 is 2.54 bits per heavy atom. The second kappa shape index (κ2) is 5.46. The summed E-state index contributed by atoms with van der Waals surface area (Å²) in [6, 6.07) is 4.03. The average molecular weight is 334 g/mol. The number of rotatable bonds is 0. The Balaban J connectivity index is 2.20. The Morgan fingerprint density at radius 1 is 1.29 bits per heavy atom. The number of carbonyl (C=O) groups is 2. The third-order valence-electron chi connectivity index (χ3n) is 5.21. The normalized spacial score (nSPS) is 26.9. The van der Waals surface area contributed by atoms with Gasteiger partial charge in [-0.3, -0.25) is 4.79 Å². The first-order chi connectivity index (χ1) is 11.1. The molecular weight excluding hydrogens is 311 g/mol. The van der Waals surface area contributed by atoms with E-state index in [0.29, 0.717) is 18.7 Å². The Morgan fingerprint density at radius 2 is 1.96 bits per heavy atom. The van der Waals surface area contributed by atoms with Gasteiger partial charge >= 0.3 is 6.09 Å². The Hall–Kier alpha value is -2.11. The van der Waals surface area contributed by atoms with Crippen LogP contribution < -0.4 is 0 Å². The molecule has 3 atom stereocenters. The molecule has 24 heavy (non-hydrogen) atoms. The molecule has 2 heterocycles. The van der Waals surface area contributed by atoms with Crippen LogP contribution in [0.2, 0.25) is 0 Å². The van der Waals surface area contributed by atoms with Crippen LogP contribution >= 0.6 is 0 Å². The Kier molecular flexibility index (Phi) is 3.81. The Bertz CT molecular complexity index is 698. The SMILES string of the molecule is CN1C[C@@H]2CN(C(=O)O)C(C(C)(C)C)[C@H]2c2ccc(F)cc2C1=O. The van der Waals surface area contributed by atoms with Crippen molar-refractivity contribution in [2.45, 2.75) is 32.7 Å². The summed E-state index contributed by atoms with van der Waals surface area (Å²) in [5, 5.41) is 9.66. The summed E-state index contributed by atoms with van der Waals surface area (Å²) in [5.74, 6) is -0.764. The molecule has 0 aliphatic carbocycles. The molecule has 1 unspecified atom stereocenters. The molecule has 2 amide bonds. The number of carboxylic acid groups (broad SMARTS) is 1. The van der Waals surface area contributed by atoms with Crippen LogP contribution in [0.15, 0.2) is 18.2 Å². The number of likely N-dealkylation sites (tertiary alicyclic amines) is 1. The van der Waals surface area contributed by atoms with Gasteiger partial charge in [-0.25, -0.2) is 9.18 Å². The molecule has 0 spiro atoms. The van der Waals surface area contributed by atoms with Gasteiger partial charge in [0.25, 0.3) is 5.91 Å². The van der Waals surface area contributed by atoms with Crippen LogP contribution in [0.5, 0.6) is 0 Å². The second-order valence-electron chi connectivity index (χ2n) is 7.95. The highest BCUT2D eigenvalue weighted by molar-refractivity contribution is 5.96. The molecule has 1 saturated heterocycles. The van der Waals surface area contributed by atoms with Crippen molar-refractivity contribution < 1.29 is 19.1 Å². The molecule has 0 bridgehead atoms. The van der Waals surface area contributed by atoms with Gasteiger partial charge in [0, 0.05) is 43.6 Å². The van der Waals surface area contributed by atoms with Crippen molar-refractivity contribution in [3.63, 3.8) is 0 Å². The molecule has 130 valence electrons. The Labute approximate surface area is 141 Å². The smallest absolute Gasteiger partial charge is 0.407 e. The van der Waals surface area contributed by atoms with Crippen molar-refractivity contribution >= 4 is 12.0 Å². The molecule has 2 aliphatic rings. The topological polar surface area (TPSA) is 60.9 Å². The summed E-state index contributed by atoms with van der Waals surface area (Å²) in [5.41, 5.74) is 0.820. The van der Waals surface area contributed by atoms with Crippen molar-refractivity contribution in [2.24, 2.45) is 11.3 Å². The molecular formula is C18H23FN2O3. The van der Waals surface area contributed by atoms with Crippen molar-refractivity contribution in [1.29, 1.82) is 0 Å². The summed E-state index contributed by atoms with van der Waals surface area (Å²) in [4.78, 5) is 27.5. The molecule has 1 fully saturated rings. The van der Waals surface area contributed by atoms with E-state index in [4.69, 9.17) is 0 Å². The van der Waals surface area contributed by atoms with Crippen LogP contribution in [0, 0.1) is 17.2 Å². The predicted molar refractivity (Wildman–Crippen MR) is 87.6 cm³/mol. The standard InChI is InChI=1S/C18H23FN2O3/c1-18(2,3)15-14-10(9-21(15)17(23)24)8-20(4)16(22)13-7-11(19)5-6-12(13)14/h5-7,10,14-15H,8-9H2,1-4H3,(H,23,24)/t10-,14-,15?/m1/s1. The fraction of sp³-hybridized carbons (Fsp3) is 0.556. The van der Waals surface area contributed by atoms with E-state index in [1.807, 2.05) is 20.8 Å². The van der Waals surface area contributed by atoms with Crippen LogP contribution in [0.1, 0.15) is 42.6 Å². The van der Waals surface area contributed by atoms with E-state index in [9.17, 15) is 19.1 Å². The third kappa shape index (κ3) is 2.54. The van der Waals surface area contributed by atoms with Crippen LogP contribution in [0.4, 0.5) is 9.18 Å². The number of hydrogen-bond donors (Lipinski definition) is 1. The van der Waals surface area contributed by atoms with Gasteiger partial charge in [-0.1, -0.05) is 26.8 Å². The van der Waals surface area contributed by atoms with Crippen LogP contribution in [0.25, 0.3) is 0 Å². The fourth-order valence-corrected chi connectivity index (χ4v) is 4.37. The van der Waals surface area contributed by atoms with Gasteiger partial charge in [0.1, 0.15) is 5.82 Å². The number of benzene rings is 1. The van der Waals surface area contributed by atoms with E-state index >= 15 is 0 Å². The zero-order chi connectivity index (χ0) is 17.8. The van der Waals surface area contributed by atoms with Crippen LogP contribution in [-0.2, 0) is 0 Å². The highest BCUT2D eigenvalue weighted by Gasteiger charge is 2.52. The minimum atomic E-state index is -0.944. The van der Waals surface area contributed by atoms with E-state index < -0.39 is 11.9 Å². The maximum atomic E-state index is 13.7. The number of fused-ring (bicyclic) bond motifs is 3. The van der Waals surface area contributed by atoms with Gasteiger partial charge in [0.2, 0.25) is 0 Å². The molecule has 1 aromatic rings. The number of nitrogens with zero attached hydrogens (tertiary/aromatic N) is 2. The first-order valence-corrected chi connectivity index (χ1v) is 8.15. The van der Waals surface area contributed by atoms with Gasteiger partial charge in [0.05, 0.1) is 0 Å². The lowest BCUT2D eigenvalue weighted by Gasteiger charge is -2.37. The average Bonchev–Trinajstić information content (AvgIpc) is 2.81. The summed E-state index contributed by atoms with van der Waals surface area (Å²) in [6.07, 6.45) is -0.944. The van der Waals surface area contributed by atoms with Gasteiger partial charge in [-0.05, 0) is 23.1 Å². The monoisotopic (exact) mass is 334 g/mol. The lowest BCUT2D eigenvalue weighted by molar-refractivity contribution is 0.0780. The molecule has 0 saturated carbocycles. The third-order valence-corrected chi connectivity index (χ3v) is 5.21. The second-order valence-corrected chi connectivity index (χ2v) is 7.95. The maximum Gasteiger partial charge on any atom is 0.407 e. The molecule has 1 aromatic carbocycles. The van der Waals surface area contributed by atoms with Crippen molar-refractivity contribution in [1.82, 2.24) is 9.80 Å². The van der Waals surface area contributed by atoms with Crippen molar-refractivity contribution in [2.75, 3.05) is 20.1 Å². The molecule has 3 rings (SSSR count). The molecule has 0 aromatic heterocycles. The lowest BCUT2D eigenvalue weighted by atomic mass is 9.73. The van der Waals surface area contributed by atoms with Crippen molar-refractivity contribution in [3.05, 3.63) is 35.1 Å². The number of carbonyl (C=O) groups excluding carboxylic acids is 1. The number of amides is 2. The zero-order valence-electron chi connectivity index (χ0n) is 14.4. The maximum absolute atomic E-state index is 13.7. The fourth-order valence-electron chi connectivity index (χ4n) is 4.37. The molecule has 6 heteroatoms. The first-order valence-electron chi connectivity index (χ1n) is 8.15. The van der Waals surface area contributed by atoms with E-state index in [-0.39, 0.29) is 29.2 Å². The lowest BCUT2D eigenvalue weighted by Crippen LogP contribution is -2.45. The summed E-state index contributed by atoms with van der Waals surface area (Å²) in [7, 11) is 1.69. The highest BCUT2D eigenvalue weighted by Crippen LogP contribution is 2.48. The van der Waals surface area contributed by atoms with Crippen LogP contribution in [-0.4, -0.2) is 53.1 Å². The van der Waals surface area contributed by atoms with Gasteiger partial charge in [0.15, 0.2) is 0 Å². The van der Waals surface area contributed by atoms with Gasteiger partial charge in [-0.15, -0.1) is 0 Å². The largest absolute Gasteiger partial charge is 0.465 e. The van der Waals surface area contributed by atoms with E-state index in [1.54, 1.807) is 18.0 Å². The zero-order valence-corrected chi connectivity index (χ0v) is 14.4. The van der Waals surface area contributed by atoms with Gasteiger partial charge < -0.3 is 14.9 Å². The molecule has 5 nitrogen and oxygen atoms in total. The molecule has 1 N–H and O–H groups in total. The van der Waals surface area contributed by atoms with Crippen LogP contribution in [0.3, 0.4) is 0 Å². The summed E-state index contributed by atoms with van der Waals surface area (Å²) in [6.45, 7) is 6.88. The van der Waals surface area contributed by atoms with E-state index in [0.717, 1.165) is 5.56 Å². The number of hydrogen-bond acceptors (Lipinski definition) is 2. The number of halogens is 1. The first kappa shape index (κ1) is 16.7.